The van der Waals surface area contributed by atoms with Crippen molar-refractivity contribution in [2.24, 2.45) is 0 Å². The third-order valence-electron chi connectivity index (χ3n) is 2.11. The molecule has 0 atom stereocenters. The summed E-state index contributed by atoms with van der Waals surface area (Å²) in [5, 5.41) is 2.64. The molecule has 82 valence electrons. The number of aromatic nitrogens is 2. The van der Waals surface area contributed by atoms with Crippen LogP contribution in [0.2, 0.25) is 0 Å². The molecule has 0 bridgehead atoms. The molecule has 2 aromatic heterocycles. The second-order valence-corrected chi connectivity index (χ2v) is 3.44. The summed E-state index contributed by atoms with van der Waals surface area (Å²) in [6.45, 7) is 3.64. The lowest BCUT2D eigenvalue weighted by molar-refractivity contribution is 0.0995. The van der Waals surface area contributed by atoms with E-state index in [1.165, 1.54) is 6.39 Å². The van der Waals surface area contributed by atoms with Gasteiger partial charge in [0, 0.05) is 6.20 Å². The van der Waals surface area contributed by atoms with Crippen molar-refractivity contribution >= 4 is 11.7 Å². The van der Waals surface area contributed by atoms with Crippen LogP contribution in [0, 0.1) is 13.8 Å². The van der Waals surface area contributed by atoms with Crippen LogP contribution in [0.4, 0.5) is 5.82 Å². The highest BCUT2D eigenvalue weighted by molar-refractivity contribution is 6.02. The first kappa shape index (κ1) is 10.4. The highest BCUT2D eigenvalue weighted by Crippen LogP contribution is 2.10. The third-order valence-corrected chi connectivity index (χ3v) is 2.11. The Hall–Kier alpha value is -2.17. The molecule has 5 heteroatoms. The summed E-state index contributed by atoms with van der Waals surface area (Å²) in [4.78, 5) is 19.6. The molecule has 0 unspecified atom stereocenters. The molecule has 1 N–H and O–H groups in total. The quantitative estimate of drug-likeness (QED) is 0.834. The second kappa shape index (κ2) is 4.14. The van der Waals surface area contributed by atoms with Crippen LogP contribution in [0.5, 0.6) is 0 Å². The molecule has 2 rings (SSSR count). The van der Waals surface area contributed by atoms with Crippen molar-refractivity contribution in [1.29, 1.82) is 0 Å². The molecule has 0 aliphatic rings. The Kier molecular flexibility index (Phi) is 2.68. The standard InChI is InChI=1S/C11H11N3O2/c1-7-3-4-12-9(5-7)14-11(15)10-8(2)13-6-16-10/h3-6H,1-2H3,(H,12,14,15). The molecule has 2 aromatic rings. The van der Waals surface area contributed by atoms with E-state index < -0.39 is 0 Å². The van der Waals surface area contributed by atoms with Crippen LogP contribution >= 0.6 is 0 Å². The minimum Gasteiger partial charge on any atom is -0.438 e. The largest absolute Gasteiger partial charge is 0.438 e. The van der Waals surface area contributed by atoms with Crippen molar-refractivity contribution in [2.75, 3.05) is 5.32 Å². The van der Waals surface area contributed by atoms with Gasteiger partial charge in [0.2, 0.25) is 5.76 Å². The number of hydrogen-bond acceptors (Lipinski definition) is 4. The van der Waals surface area contributed by atoms with Crippen molar-refractivity contribution in [2.45, 2.75) is 13.8 Å². The molecule has 0 aliphatic heterocycles. The summed E-state index contributed by atoms with van der Waals surface area (Å²) >= 11 is 0. The summed E-state index contributed by atoms with van der Waals surface area (Å²) < 4.78 is 4.98. The summed E-state index contributed by atoms with van der Waals surface area (Å²) in [5.41, 5.74) is 1.59. The minimum absolute atomic E-state index is 0.211. The normalized spacial score (nSPS) is 10.1. The molecule has 1 amide bonds. The molecule has 0 radical (unpaired) electrons. The first-order valence-corrected chi connectivity index (χ1v) is 4.81. The smallest absolute Gasteiger partial charge is 0.294 e. The van der Waals surface area contributed by atoms with Gasteiger partial charge in [-0.15, -0.1) is 0 Å². The van der Waals surface area contributed by atoms with Crippen molar-refractivity contribution in [1.82, 2.24) is 9.97 Å². The van der Waals surface area contributed by atoms with Crippen LogP contribution in [-0.4, -0.2) is 15.9 Å². The second-order valence-electron chi connectivity index (χ2n) is 3.44. The fourth-order valence-corrected chi connectivity index (χ4v) is 1.30. The number of nitrogens with one attached hydrogen (secondary N) is 1. The van der Waals surface area contributed by atoms with Gasteiger partial charge in [0.25, 0.3) is 5.91 Å². The number of rotatable bonds is 2. The van der Waals surface area contributed by atoms with Gasteiger partial charge in [0.1, 0.15) is 5.82 Å². The number of carbonyl (C=O) groups is 1. The van der Waals surface area contributed by atoms with Crippen molar-refractivity contribution < 1.29 is 9.21 Å². The Morgan fingerprint density at radius 2 is 2.19 bits per heavy atom. The van der Waals surface area contributed by atoms with Crippen LogP contribution in [0.3, 0.4) is 0 Å². The number of oxazole rings is 1. The van der Waals surface area contributed by atoms with E-state index in [1.54, 1.807) is 19.2 Å². The first-order chi connectivity index (χ1) is 7.66. The van der Waals surface area contributed by atoms with E-state index >= 15 is 0 Å². The van der Waals surface area contributed by atoms with Crippen LogP contribution in [0.15, 0.2) is 29.1 Å². The lowest BCUT2D eigenvalue weighted by atomic mass is 10.3. The molecule has 0 aromatic carbocycles. The number of carbonyl (C=O) groups excluding carboxylic acids is 1. The molecule has 5 nitrogen and oxygen atoms in total. The van der Waals surface area contributed by atoms with Crippen LogP contribution in [0.25, 0.3) is 0 Å². The number of nitrogens with zero attached hydrogens (tertiary/aromatic N) is 2. The van der Waals surface area contributed by atoms with Crippen LogP contribution in [0.1, 0.15) is 21.8 Å². The lowest BCUT2D eigenvalue weighted by Gasteiger charge is -2.02. The number of aryl methyl sites for hydroxylation is 2. The Morgan fingerprint density at radius 3 is 2.81 bits per heavy atom. The number of pyridine rings is 1. The molecule has 0 saturated carbocycles. The monoisotopic (exact) mass is 217 g/mol. The topological polar surface area (TPSA) is 68.0 Å². The van der Waals surface area contributed by atoms with Crippen molar-refractivity contribution in [3.05, 3.63) is 41.7 Å². The maximum Gasteiger partial charge on any atom is 0.294 e. The Balaban J connectivity index is 2.17. The van der Waals surface area contributed by atoms with Gasteiger partial charge in [-0.2, -0.15) is 0 Å². The number of hydrogen-bond donors (Lipinski definition) is 1. The Morgan fingerprint density at radius 1 is 1.38 bits per heavy atom. The van der Waals surface area contributed by atoms with E-state index in [0.717, 1.165) is 5.56 Å². The van der Waals surface area contributed by atoms with Gasteiger partial charge in [-0.3, -0.25) is 4.79 Å². The average molecular weight is 217 g/mol. The average Bonchev–Trinajstić information content (AvgIpc) is 2.64. The molecular weight excluding hydrogens is 206 g/mol. The number of anilines is 1. The Bertz CT molecular complexity index is 519. The lowest BCUT2D eigenvalue weighted by Crippen LogP contribution is -2.13. The summed E-state index contributed by atoms with van der Waals surface area (Å²) in [5.74, 6) is 0.372. The maximum atomic E-state index is 11.7. The zero-order valence-corrected chi connectivity index (χ0v) is 9.02. The van der Waals surface area contributed by atoms with Crippen molar-refractivity contribution in [3.63, 3.8) is 0 Å². The molecule has 0 saturated heterocycles. The fourth-order valence-electron chi connectivity index (χ4n) is 1.30. The molecule has 0 spiro atoms. The van der Waals surface area contributed by atoms with E-state index in [0.29, 0.717) is 11.5 Å². The minimum atomic E-state index is -0.340. The highest BCUT2D eigenvalue weighted by atomic mass is 16.3. The van der Waals surface area contributed by atoms with E-state index in [9.17, 15) is 4.79 Å². The van der Waals surface area contributed by atoms with Gasteiger partial charge in [-0.05, 0) is 31.5 Å². The van der Waals surface area contributed by atoms with Crippen LogP contribution in [-0.2, 0) is 0 Å². The van der Waals surface area contributed by atoms with Crippen molar-refractivity contribution in [3.8, 4) is 0 Å². The summed E-state index contributed by atoms with van der Waals surface area (Å²) in [6.07, 6.45) is 2.88. The van der Waals surface area contributed by atoms with E-state index in [2.05, 4.69) is 15.3 Å². The predicted octanol–water partition coefficient (Wildman–Crippen LogP) is 1.94. The molecule has 16 heavy (non-hydrogen) atoms. The van der Waals surface area contributed by atoms with Gasteiger partial charge in [0.15, 0.2) is 6.39 Å². The van der Waals surface area contributed by atoms with E-state index in [1.807, 2.05) is 13.0 Å². The summed E-state index contributed by atoms with van der Waals surface area (Å²) in [7, 11) is 0. The number of amides is 1. The Labute approximate surface area is 92.5 Å². The molecule has 0 aliphatic carbocycles. The van der Waals surface area contributed by atoms with Gasteiger partial charge in [-0.1, -0.05) is 0 Å². The van der Waals surface area contributed by atoms with Gasteiger partial charge < -0.3 is 9.73 Å². The zero-order chi connectivity index (χ0) is 11.5. The van der Waals surface area contributed by atoms with Gasteiger partial charge in [-0.25, -0.2) is 9.97 Å². The fraction of sp³-hybridized carbons (Fsp3) is 0.182. The molecule has 0 fully saturated rings. The van der Waals surface area contributed by atoms with Crippen LogP contribution < -0.4 is 5.32 Å². The van der Waals surface area contributed by atoms with E-state index in [4.69, 9.17) is 4.42 Å². The predicted molar refractivity (Wildman–Crippen MR) is 58.2 cm³/mol. The third kappa shape index (κ3) is 2.08. The first-order valence-electron chi connectivity index (χ1n) is 4.81. The van der Waals surface area contributed by atoms with Gasteiger partial charge >= 0.3 is 0 Å². The molecule has 2 heterocycles. The van der Waals surface area contributed by atoms with Gasteiger partial charge in [0.05, 0.1) is 5.69 Å². The zero-order valence-electron chi connectivity index (χ0n) is 9.02. The molecular formula is C11H11N3O2. The SMILES string of the molecule is Cc1ccnc(NC(=O)c2ocnc2C)c1. The summed E-state index contributed by atoms with van der Waals surface area (Å²) in [6, 6.07) is 3.64. The maximum absolute atomic E-state index is 11.7. The van der Waals surface area contributed by atoms with E-state index in [-0.39, 0.29) is 11.7 Å². The highest BCUT2D eigenvalue weighted by Gasteiger charge is 2.14.